The third-order valence-electron chi connectivity index (χ3n) is 2.85. The Morgan fingerprint density at radius 3 is 2.95 bits per heavy atom. The van der Waals surface area contributed by atoms with Crippen molar-refractivity contribution in [3.8, 4) is 11.4 Å². The van der Waals surface area contributed by atoms with Crippen LogP contribution in [0.1, 0.15) is 25.7 Å². The van der Waals surface area contributed by atoms with Gasteiger partial charge in [0.15, 0.2) is 0 Å². The Balaban J connectivity index is 2.03. The van der Waals surface area contributed by atoms with Crippen LogP contribution in [0.15, 0.2) is 33.3 Å². The number of halogens is 1. The van der Waals surface area contributed by atoms with Crippen LogP contribution < -0.4 is 0 Å². The van der Waals surface area contributed by atoms with Crippen LogP contribution >= 0.6 is 15.9 Å². The van der Waals surface area contributed by atoms with Crippen molar-refractivity contribution in [3.05, 3.63) is 34.6 Å². The molecule has 4 nitrogen and oxygen atoms in total. The molecule has 1 heterocycles. The van der Waals surface area contributed by atoms with E-state index < -0.39 is 0 Å². The van der Waals surface area contributed by atoms with Gasteiger partial charge in [-0.3, -0.25) is 4.90 Å². The molecule has 0 radical (unpaired) electrons. The number of unbranched alkanes of at least 4 members (excludes halogenated alkanes) is 1. The van der Waals surface area contributed by atoms with Crippen LogP contribution in [0.5, 0.6) is 0 Å². The highest BCUT2D eigenvalue weighted by molar-refractivity contribution is 9.10. The first kappa shape index (κ1) is 14.2. The maximum absolute atomic E-state index is 5.29. The summed E-state index contributed by atoms with van der Waals surface area (Å²) in [5.41, 5.74) is 0.959. The normalized spacial score (nSPS) is 11.2. The lowest BCUT2D eigenvalue weighted by molar-refractivity contribution is 0.264. The maximum Gasteiger partial charge on any atom is 0.241 e. The lowest BCUT2D eigenvalue weighted by atomic mass is 10.2. The summed E-state index contributed by atoms with van der Waals surface area (Å²) in [7, 11) is 2.07. The van der Waals surface area contributed by atoms with Gasteiger partial charge >= 0.3 is 0 Å². The first-order chi connectivity index (χ1) is 9.19. The Morgan fingerprint density at radius 2 is 2.21 bits per heavy atom. The fourth-order valence-corrected chi connectivity index (χ4v) is 2.20. The number of benzene rings is 1. The monoisotopic (exact) mass is 323 g/mol. The molecule has 0 saturated heterocycles. The molecule has 0 aliphatic carbocycles. The molecule has 0 fully saturated rings. The zero-order valence-electron chi connectivity index (χ0n) is 11.3. The van der Waals surface area contributed by atoms with Crippen molar-refractivity contribution in [1.29, 1.82) is 0 Å². The molecule has 0 aliphatic rings. The van der Waals surface area contributed by atoms with Crippen molar-refractivity contribution in [2.75, 3.05) is 13.6 Å². The minimum absolute atomic E-state index is 0.639. The van der Waals surface area contributed by atoms with Crippen LogP contribution in [-0.2, 0) is 6.54 Å². The lowest BCUT2D eigenvalue weighted by Crippen LogP contribution is -2.19. The second kappa shape index (κ2) is 6.82. The zero-order chi connectivity index (χ0) is 13.7. The van der Waals surface area contributed by atoms with E-state index in [1.54, 1.807) is 0 Å². The summed E-state index contributed by atoms with van der Waals surface area (Å²) in [6.07, 6.45) is 2.38. The van der Waals surface area contributed by atoms with Gasteiger partial charge in [-0.25, -0.2) is 0 Å². The fourth-order valence-electron chi connectivity index (χ4n) is 1.80. The number of hydrogen-bond donors (Lipinski definition) is 0. The molecule has 0 unspecified atom stereocenters. The zero-order valence-corrected chi connectivity index (χ0v) is 12.9. The van der Waals surface area contributed by atoms with Crippen molar-refractivity contribution < 1.29 is 4.52 Å². The van der Waals surface area contributed by atoms with E-state index in [1.807, 2.05) is 24.3 Å². The van der Waals surface area contributed by atoms with E-state index >= 15 is 0 Å². The van der Waals surface area contributed by atoms with Crippen molar-refractivity contribution in [1.82, 2.24) is 15.0 Å². The van der Waals surface area contributed by atoms with Crippen molar-refractivity contribution in [2.24, 2.45) is 0 Å². The molecule has 1 aromatic carbocycles. The minimum Gasteiger partial charge on any atom is -0.338 e. The van der Waals surface area contributed by atoms with Crippen molar-refractivity contribution in [3.63, 3.8) is 0 Å². The first-order valence-corrected chi connectivity index (χ1v) is 7.25. The van der Waals surface area contributed by atoms with Crippen molar-refractivity contribution in [2.45, 2.75) is 26.3 Å². The summed E-state index contributed by atoms with van der Waals surface area (Å²) in [6, 6.07) is 7.89. The quantitative estimate of drug-likeness (QED) is 0.812. The molecule has 102 valence electrons. The molecule has 1 aromatic heterocycles. The summed E-state index contributed by atoms with van der Waals surface area (Å²) >= 11 is 3.44. The van der Waals surface area contributed by atoms with Gasteiger partial charge in [-0.2, -0.15) is 4.98 Å². The third-order valence-corrected chi connectivity index (χ3v) is 3.34. The second-order valence-corrected chi connectivity index (χ2v) is 5.53. The molecule has 19 heavy (non-hydrogen) atoms. The smallest absolute Gasteiger partial charge is 0.241 e. The fraction of sp³-hybridized carbons (Fsp3) is 0.429. The molecule has 0 spiro atoms. The number of hydrogen-bond acceptors (Lipinski definition) is 4. The molecule has 0 atom stereocenters. The van der Waals surface area contributed by atoms with Gasteiger partial charge < -0.3 is 4.52 Å². The van der Waals surface area contributed by atoms with Gasteiger partial charge in [0.25, 0.3) is 0 Å². The van der Waals surface area contributed by atoms with E-state index in [1.165, 1.54) is 12.8 Å². The van der Waals surface area contributed by atoms with Gasteiger partial charge in [-0.1, -0.05) is 46.6 Å². The molecule has 0 bridgehead atoms. The van der Waals surface area contributed by atoms with Gasteiger partial charge in [-0.05, 0) is 32.1 Å². The molecule has 0 N–H and O–H groups in total. The summed E-state index contributed by atoms with van der Waals surface area (Å²) in [6.45, 7) is 3.93. The Hall–Kier alpha value is -1.20. The molecule has 0 aliphatic heterocycles. The van der Waals surface area contributed by atoms with Crippen LogP contribution in [-0.4, -0.2) is 28.6 Å². The lowest BCUT2D eigenvalue weighted by Gasteiger charge is -2.12. The standard InChI is InChI=1S/C14H18BrN3O/c1-3-4-8-18(2)10-13-16-14(17-19-13)11-6-5-7-12(15)9-11/h5-7,9H,3-4,8,10H2,1-2H3. The van der Waals surface area contributed by atoms with E-state index in [2.05, 4.69) is 44.9 Å². The average molecular weight is 324 g/mol. The highest BCUT2D eigenvalue weighted by Crippen LogP contribution is 2.20. The van der Waals surface area contributed by atoms with Crippen LogP contribution in [0.3, 0.4) is 0 Å². The van der Waals surface area contributed by atoms with Crippen LogP contribution in [0, 0.1) is 0 Å². The molecule has 0 saturated carbocycles. The molecule has 2 aromatic rings. The largest absolute Gasteiger partial charge is 0.338 e. The van der Waals surface area contributed by atoms with E-state index in [9.17, 15) is 0 Å². The highest BCUT2D eigenvalue weighted by atomic mass is 79.9. The Labute approximate surface area is 121 Å². The van der Waals surface area contributed by atoms with Crippen molar-refractivity contribution >= 4 is 15.9 Å². The van der Waals surface area contributed by atoms with Crippen LogP contribution in [0.4, 0.5) is 0 Å². The SMILES string of the molecule is CCCCN(C)Cc1nc(-c2cccc(Br)c2)no1. The van der Waals surface area contributed by atoms with Gasteiger partial charge in [0.05, 0.1) is 6.54 Å². The predicted molar refractivity (Wildman–Crippen MR) is 78.7 cm³/mol. The van der Waals surface area contributed by atoms with Gasteiger partial charge in [0.2, 0.25) is 11.7 Å². The van der Waals surface area contributed by atoms with Gasteiger partial charge in [0.1, 0.15) is 0 Å². The topological polar surface area (TPSA) is 42.2 Å². The minimum atomic E-state index is 0.639. The third kappa shape index (κ3) is 4.14. The van der Waals surface area contributed by atoms with Crippen LogP contribution in [0.2, 0.25) is 0 Å². The maximum atomic E-state index is 5.29. The average Bonchev–Trinajstić information content (AvgIpc) is 2.85. The van der Waals surface area contributed by atoms with Gasteiger partial charge in [-0.15, -0.1) is 0 Å². The van der Waals surface area contributed by atoms with E-state index in [-0.39, 0.29) is 0 Å². The Kier molecular flexibility index (Phi) is 5.10. The molecule has 2 rings (SSSR count). The van der Waals surface area contributed by atoms with E-state index in [0.29, 0.717) is 18.3 Å². The molecular formula is C14H18BrN3O. The summed E-state index contributed by atoms with van der Waals surface area (Å²) in [4.78, 5) is 6.63. The molecule has 5 heteroatoms. The summed E-state index contributed by atoms with van der Waals surface area (Å²) in [5, 5.41) is 4.03. The number of nitrogens with zero attached hydrogens (tertiary/aromatic N) is 3. The summed E-state index contributed by atoms with van der Waals surface area (Å²) in [5.74, 6) is 1.30. The second-order valence-electron chi connectivity index (χ2n) is 4.61. The number of rotatable bonds is 6. The van der Waals surface area contributed by atoms with E-state index in [0.717, 1.165) is 16.6 Å². The van der Waals surface area contributed by atoms with Crippen LogP contribution in [0.25, 0.3) is 11.4 Å². The highest BCUT2D eigenvalue weighted by Gasteiger charge is 2.10. The van der Waals surface area contributed by atoms with Gasteiger partial charge in [0, 0.05) is 10.0 Å². The number of aromatic nitrogens is 2. The Morgan fingerprint density at radius 1 is 1.37 bits per heavy atom. The molecular weight excluding hydrogens is 306 g/mol. The first-order valence-electron chi connectivity index (χ1n) is 6.46. The Bertz CT molecular complexity index is 527. The molecule has 0 amide bonds. The summed E-state index contributed by atoms with van der Waals surface area (Å²) < 4.78 is 6.30. The predicted octanol–water partition coefficient (Wildman–Crippen LogP) is 3.73. The van der Waals surface area contributed by atoms with E-state index in [4.69, 9.17) is 4.52 Å².